The lowest BCUT2D eigenvalue weighted by molar-refractivity contribution is 0.0525. The molecule has 0 unspecified atom stereocenters. The van der Waals surface area contributed by atoms with Crippen LogP contribution in [0.25, 0.3) is 0 Å². The zero-order valence-electron chi connectivity index (χ0n) is 11.1. The third kappa shape index (κ3) is 3.69. The quantitative estimate of drug-likeness (QED) is 0.693. The first-order valence-electron chi connectivity index (χ1n) is 6.06. The average Bonchev–Trinajstić information content (AvgIpc) is 2.43. The monoisotopic (exact) mass is 310 g/mol. The molecule has 1 heterocycles. The van der Waals surface area contributed by atoms with E-state index in [0.29, 0.717) is 5.03 Å². The molecule has 0 spiro atoms. The molecule has 110 valence electrons. The van der Waals surface area contributed by atoms with Gasteiger partial charge in [-0.1, -0.05) is 11.8 Å². The van der Waals surface area contributed by atoms with E-state index < -0.39 is 17.6 Å². The minimum atomic E-state index is -0.756. The van der Waals surface area contributed by atoms with Gasteiger partial charge in [0.1, 0.15) is 16.7 Å². The molecule has 1 aromatic carbocycles. The highest BCUT2D eigenvalue weighted by Crippen LogP contribution is 2.32. The second-order valence-corrected chi connectivity index (χ2v) is 5.05. The van der Waals surface area contributed by atoms with Gasteiger partial charge in [0.2, 0.25) is 0 Å². The van der Waals surface area contributed by atoms with Crippen LogP contribution in [0.15, 0.2) is 40.4 Å². The second-order valence-electron chi connectivity index (χ2n) is 4.02. The summed E-state index contributed by atoms with van der Waals surface area (Å²) in [5.74, 6) is -2.01. The van der Waals surface area contributed by atoms with Gasteiger partial charge in [0.15, 0.2) is 0 Å². The van der Waals surface area contributed by atoms with E-state index in [-0.39, 0.29) is 22.8 Å². The van der Waals surface area contributed by atoms with E-state index in [1.165, 1.54) is 18.3 Å². The topological polar surface area (TPSA) is 65.2 Å². The van der Waals surface area contributed by atoms with Gasteiger partial charge in [-0.05, 0) is 31.2 Å². The molecule has 0 aliphatic heterocycles. The average molecular weight is 310 g/mol. The number of nitrogens with zero attached hydrogens (tertiary/aromatic N) is 1. The summed E-state index contributed by atoms with van der Waals surface area (Å²) in [4.78, 5) is 15.2. The molecule has 2 aromatic rings. The molecule has 0 aliphatic rings. The number of hydrogen-bond donors (Lipinski definition) is 1. The van der Waals surface area contributed by atoms with Crippen molar-refractivity contribution in [2.45, 2.75) is 16.8 Å². The zero-order valence-corrected chi connectivity index (χ0v) is 11.9. The van der Waals surface area contributed by atoms with E-state index >= 15 is 0 Å². The van der Waals surface area contributed by atoms with Crippen LogP contribution in [0, 0.1) is 11.6 Å². The fourth-order valence-electron chi connectivity index (χ4n) is 1.56. The molecule has 1 aromatic heterocycles. The molecule has 7 heteroatoms. The molecule has 2 N–H and O–H groups in total. The zero-order chi connectivity index (χ0) is 15.4. The molecule has 0 amide bonds. The number of benzene rings is 1. The maximum atomic E-state index is 13.7. The van der Waals surface area contributed by atoms with E-state index in [0.717, 1.165) is 23.9 Å². The molecular weight excluding hydrogens is 298 g/mol. The minimum Gasteiger partial charge on any atom is -0.462 e. The molecule has 2 rings (SSSR count). The highest BCUT2D eigenvalue weighted by molar-refractivity contribution is 7.99. The van der Waals surface area contributed by atoms with Gasteiger partial charge in [-0.15, -0.1) is 0 Å². The third-order valence-electron chi connectivity index (χ3n) is 2.47. The predicted molar refractivity (Wildman–Crippen MR) is 75.1 cm³/mol. The molecule has 0 fully saturated rings. The summed E-state index contributed by atoms with van der Waals surface area (Å²) in [6, 6.07) is 5.06. The Morgan fingerprint density at radius 1 is 1.33 bits per heavy atom. The lowest BCUT2D eigenvalue weighted by Gasteiger charge is -2.06. The lowest BCUT2D eigenvalue weighted by atomic mass is 10.3. The SMILES string of the molecule is CCOC(=O)c1ccc(Sc2c(F)cc(N)cc2F)nc1. The largest absolute Gasteiger partial charge is 0.462 e. The van der Waals surface area contributed by atoms with Gasteiger partial charge in [-0.2, -0.15) is 0 Å². The molecule has 0 atom stereocenters. The highest BCUT2D eigenvalue weighted by Gasteiger charge is 2.13. The molecule has 4 nitrogen and oxygen atoms in total. The van der Waals surface area contributed by atoms with Crippen molar-refractivity contribution in [3.63, 3.8) is 0 Å². The van der Waals surface area contributed by atoms with Crippen molar-refractivity contribution in [3.05, 3.63) is 47.7 Å². The van der Waals surface area contributed by atoms with Crippen LogP contribution in [0.3, 0.4) is 0 Å². The summed E-state index contributed by atoms with van der Waals surface area (Å²) in [6.45, 7) is 1.96. The van der Waals surface area contributed by atoms with E-state index in [9.17, 15) is 13.6 Å². The van der Waals surface area contributed by atoms with Crippen LogP contribution in [0.4, 0.5) is 14.5 Å². The van der Waals surface area contributed by atoms with Crippen molar-refractivity contribution in [2.24, 2.45) is 0 Å². The summed E-state index contributed by atoms with van der Waals surface area (Å²) < 4.78 is 32.1. The van der Waals surface area contributed by atoms with E-state index in [1.807, 2.05) is 0 Å². The number of esters is 1. The maximum Gasteiger partial charge on any atom is 0.339 e. The summed E-state index contributed by atoms with van der Waals surface area (Å²) in [7, 11) is 0. The molecule has 0 aliphatic carbocycles. The Morgan fingerprint density at radius 3 is 2.52 bits per heavy atom. The predicted octanol–water partition coefficient (Wildman–Crippen LogP) is 3.27. The number of halogens is 2. The van der Waals surface area contributed by atoms with Crippen LogP contribution in [-0.2, 0) is 4.74 Å². The van der Waals surface area contributed by atoms with Gasteiger partial charge in [-0.25, -0.2) is 18.6 Å². The van der Waals surface area contributed by atoms with E-state index in [2.05, 4.69) is 4.98 Å². The Labute approximate surface area is 124 Å². The van der Waals surface area contributed by atoms with Crippen LogP contribution in [0.1, 0.15) is 17.3 Å². The van der Waals surface area contributed by atoms with Crippen molar-refractivity contribution in [3.8, 4) is 0 Å². The molecular formula is C14H12F2N2O2S. The van der Waals surface area contributed by atoms with Crippen molar-refractivity contribution >= 4 is 23.4 Å². The highest BCUT2D eigenvalue weighted by atomic mass is 32.2. The van der Waals surface area contributed by atoms with Gasteiger partial charge in [-0.3, -0.25) is 0 Å². The second kappa shape index (κ2) is 6.53. The summed E-state index contributed by atoms with van der Waals surface area (Å²) >= 11 is 0.815. The van der Waals surface area contributed by atoms with Crippen LogP contribution in [0.2, 0.25) is 0 Å². The maximum absolute atomic E-state index is 13.7. The molecule has 0 bridgehead atoms. The van der Waals surface area contributed by atoms with Crippen LogP contribution >= 0.6 is 11.8 Å². The number of carbonyl (C=O) groups is 1. The normalized spacial score (nSPS) is 10.4. The van der Waals surface area contributed by atoms with Gasteiger partial charge in [0.05, 0.1) is 17.1 Å². The number of anilines is 1. The molecule has 0 radical (unpaired) electrons. The number of nitrogens with two attached hydrogens (primary N) is 1. The fraction of sp³-hybridized carbons (Fsp3) is 0.143. The first-order chi connectivity index (χ1) is 10.0. The van der Waals surface area contributed by atoms with Crippen LogP contribution in [-0.4, -0.2) is 17.6 Å². The number of aromatic nitrogens is 1. The standard InChI is InChI=1S/C14H12F2N2O2S/c1-2-20-14(19)8-3-4-12(18-7-8)21-13-10(15)5-9(17)6-11(13)16/h3-7H,2,17H2,1H3. The number of nitrogen functional groups attached to an aromatic ring is 1. The van der Waals surface area contributed by atoms with Crippen LogP contribution in [0.5, 0.6) is 0 Å². The number of hydrogen-bond acceptors (Lipinski definition) is 5. The van der Waals surface area contributed by atoms with E-state index in [1.54, 1.807) is 6.92 Å². The molecule has 0 saturated carbocycles. The van der Waals surface area contributed by atoms with Gasteiger partial charge in [0, 0.05) is 11.9 Å². The summed E-state index contributed by atoms with van der Waals surface area (Å²) in [5.41, 5.74) is 5.64. The first-order valence-corrected chi connectivity index (χ1v) is 6.88. The van der Waals surface area contributed by atoms with Gasteiger partial charge < -0.3 is 10.5 Å². The molecule has 21 heavy (non-hydrogen) atoms. The number of rotatable bonds is 4. The van der Waals surface area contributed by atoms with Crippen molar-refractivity contribution in [1.29, 1.82) is 0 Å². The Morgan fingerprint density at radius 2 is 2.00 bits per heavy atom. The number of ether oxygens (including phenoxy) is 1. The Kier molecular flexibility index (Phi) is 4.74. The van der Waals surface area contributed by atoms with Crippen molar-refractivity contribution in [2.75, 3.05) is 12.3 Å². The number of pyridine rings is 1. The van der Waals surface area contributed by atoms with Crippen LogP contribution < -0.4 is 5.73 Å². The van der Waals surface area contributed by atoms with Gasteiger partial charge >= 0.3 is 5.97 Å². The van der Waals surface area contributed by atoms with Gasteiger partial charge in [0.25, 0.3) is 0 Å². The first kappa shape index (κ1) is 15.2. The smallest absolute Gasteiger partial charge is 0.339 e. The van der Waals surface area contributed by atoms with Crippen molar-refractivity contribution in [1.82, 2.24) is 4.98 Å². The summed E-state index contributed by atoms with van der Waals surface area (Å²) in [5, 5.41) is 0.352. The van der Waals surface area contributed by atoms with E-state index in [4.69, 9.17) is 10.5 Å². The molecule has 0 saturated heterocycles. The lowest BCUT2D eigenvalue weighted by Crippen LogP contribution is -2.04. The van der Waals surface area contributed by atoms with Crippen molar-refractivity contribution < 1.29 is 18.3 Å². The Hall–Kier alpha value is -2.15. The Bertz CT molecular complexity index is 640. The summed E-state index contributed by atoms with van der Waals surface area (Å²) in [6.07, 6.45) is 1.30. The fourth-order valence-corrected chi connectivity index (χ4v) is 2.32. The number of carbonyl (C=O) groups excluding carboxylic acids is 1. The minimum absolute atomic E-state index is 0.0139. The Balaban J connectivity index is 2.19. The third-order valence-corrected chi connectivity index (χ3v) is 3.52.